The van der Waals surface area contributed by atoms with E-state index in [4.69, 9.17) is 16.9 Å². The van der Waals surface area contributed by atoms with E-state index in [1.54, 1.807) is 6.21 Å². The second kappa shape index (κ2) is 26.4. The molecule has 3 atom stereocenters. The smallest absolute Gasteiger partial charge is 0.653 e. The fourth-order valence-corrected chi connectivity index (χ4v) is 5.94. The van der Waals surface area contributed by atoms with Crippen LogP contribution in [-0.2, 0) is 20.7 Å². The van der Waals surface area contributed by atoms with E-state index in [1.807, 2.05) is 6.42 Å². The van der Waals surface area contributed by atoms with E-state index in [1.165, 1.54) is 109 Å². The molecule has 256 valence electrons. The van der Waals surface area contributed by atoms with Gasteiger partial charge in [0.05, 0.1) is 12.3 Å². The number of aliphatic hydroxyl groups excluding tert-OH is 1. The first kappa shape index (κ1) is 42.5. The van der Waals surface area contributed by atoms with Crippen LogP contribution in [0.15, 0.2) is 4.99 Å². The van der Waals surface area contributed by atoms with E-state index in [2.05, 4.69) is 32.5 Å². The van der Waals surface area contributed by atoms with Gasteiger partial charge in [0.2, 0.25) is 0 Å². The molecule has 3 heterocycles. The van der Waals surface area contributed by atoms with E-state index in [0.717, 1.165) is 12.8 Å². The average Bonchev–Trinajstić information content (AvgIpc) is 3.35. The Morgan fingerprint density at radius 1 is 1.04 bits per heavy atom. The number of fused-ring (bicyclic) bond motifs is 1. The number of aliphatic imine (C=N–C) groups is 1. The van der Waals surface area contributed by atoms with Crippen molar-refractivity contribution in [3.8, 4) is 12.3 Å². The maximum atomic E-state index is 13.3. The standard InChI is InChI=1S/C20H39O2.C16H18FN4O2.U/c1-2-3-4-5-6-7-8-9-10-11-12-13-14-15-16-17-18-19-22-20-21;1-2-16(9-22)6-5-11(23-16)7-10-3-4-12-13(19-8-10)14(18)21-15(17)20-12;/h2-19H2,1H3;1,6,8,10-11,22H,3-5,7,9H2,(H2,18,20,21);/q2*-1;+2/t;10?,11-,16+;/m.1./s1. The van der Waals surface area contributed by atoms with Gasteiger partial charge in [-0.15, -0.1) is 18.8 Å². The number of hydrogen-bond acceptors (Lipinski definition) is 8. The summed E-state index contributed by atoms with van der Waals surface area (Å²) < 4.78 is 23.6. The van der Waals surface area contributed by atoms with Gasteiger partial charge >= 0.3 is 37.2 Å². The summed E-state index contributed by atoms with van der Waals surface area (Å²) in [6.07, 6.45) is 34.2. The predicted octanol–water partition coefficient (Wildman–Crippen LogP) is 7.93. The Kier molecular flexibility index (Phi) is 24.4. The number of halogens is 1. The normalized spacial score (nSPS) is 20.0. The zero-order valence-corrected chi connectivity index (χ0v) is 32.3. The van der Waals surface area contributed by atoms with Crippen LogP contribution >= 0.6 is 0 Å². The summed E-state index contributed by atoms with van der Waals surface area (Å²) in [6, 6.07) is 0. The van der Waals surface area contributed by atoms with Gasteiger partial charge in [-0.25, -0.2) is 4.98 Å². The maximum absolute atomic E-state index is 13.3. The summed E-state index contributed by atoms with van der Waals surface area (Å²) in [7, 11) is 0. The largest absolute Gasteiger partial charge is 2.00 e. The van der Waals surface area contributed by atoms with Gasteiger partial charge < -0.3 is 25.1 Å². The fourth-order valence-electron chi connectivity index (χ4n) is 5.94. The number of carbonyl (C=O) groups excluding carboxylic acids is 1. The molecule has 0 spiro atoms. The summed E-state index contributed by atoms with van der Waals surface area (Å²) in [5.41, 5.74) is 5.70. The summed E-state index contributed by atoms with van der Waals surface area (Å²) >= 11 is 0. The first-order valence-corrected chi connectivity index (χ1v) is 17.4. The van der Waals surface area contributed by atoms with Crippen LogP contribution in [-0.4, -0.2) is 52.7 Å². The first-order valence-electron chi connectivity index (χ1n) is 17.4. The van der Waals surface area contributed by atoms with Crippen LogP contribution < -0.4 is 5.73 Å². The number of nitrogen functional groups attached to an aromatic ring is 1. The Morgan fingerprint density at radius 3 is 2.11 bits per heavy atom. The number of aromatic nitrogens is 2. The van der Waals surface area contributed by atoms with Crippen molar-refractivity contribution in [2.45, 2.75) is 153 Å². The van der Waals surface area contributed by atoms with Crippen molar-refractivity contribution >= 4 is 24.2 Å². The SMILES string of the molecule is C#C[C@@]1(CO)[CH-]C[C@H](CC2C=Nc3c(N)nc(F)nc3CC2)O1.CCCCCCCCCCCCCCCCCCCO[C-]=O.[U+2]. The quantitative estimate of drug-likeness (QED) is 0.0526. The third-order valence-electron chi connectivity index (χ3n) is 8.66. The number of terminal acetylenes is 1. The van der Waals surface area contributed by atoms with E-state index >= 15 is 0 Å². The predicted molar refractivity (Wildman–Crippen MR) is 179 cm³/mol. The van der Waals surface area contributed by atoms with E-state index < -0.39 is 11.7 Å². The van der Waals surface area contributed by atoms with Gasteiger partial charge in [-0.1, -0.05) is 116 Å². The van der Waals surface area contributed by atoms with Crippen LogP contribution in [0.25, 0.3) is 0 Å². The molecule has 46 heavy (non-hydrogen) atoms. The van der Waals surface area contributed by atoms with Crippen molar-refractivity contribution in [2.24, 2.45) is 10.9 Å². The number of aryl methyl sites for hydroxylation is 1. The molecule has 1 fully saturated rings. The summed E-state index contributed by atoms with van der Waals surface area (Å²) in [6.45, 7) is 4.07. The molecule has 1 aromatic heterocycles. The topological polar surface area (TPSA) is 120 Å². The second-order valence-corrected chi connectivity index (χ2v) is 12.4. The Morgan fingerprint density at radius 2 is 1.61 bits per heavy atom. The van der Waals surface area contributed by atoms with Crippen molar-refractivity contribution in [2.75, 3.05) is 18.9 Å². The van der Waals surface area contributed by atoms with Gasteiger partial charge in [0.25, 0.3) is 0 Å². The van der Waals surface area contributed by atoms with E-state index in [0.29, 0.717) is 37.3 Å². The minimum absolute atomic E-state index is 0. The first-order chi connectivity index (χ1) is 22.0. The average molecular weight is 867 g/mol. The number of ether oxygens (including phenoxy) is 2. The summed E-state index contributed by atoms with van der Waals surface area (Å²) in [5, 5.41) is 9.37. The van der Waals surface area contributed by atoms with Crippen molar-refractivity contribution < 1.29 is 54.9 Å². The third kappa shape index (κ3) is 17.6. The number of unbranched alkanes of at least 4 members (excludes halogenated alkanes) is 16. The van der Waals surface area contributed by atoms with Gasteiger partial charge in [-0.2, -0.15) is 9.37 Å². The minimum Gasteiger partial charge on any atom is -0.653 e. The van der Waals surface area contributed by atoms with Crippen LogP contribution in [0.2, 0.25) is 0 Å². The van der Waals surface area contributed by atoms with Crippen LogP contribution in [0.5, 0.6) is 0 Å². The van der Waals surface area contributed by atoms with E-state index in [9.17, 15) is 14.3 Å². The number of aliphatic hydroxyl groups is 1. The molecule has 3 N–H and O–H groups in total. The van der Waals surface area contributed by atoms with Crippen molar-refractivity contribution in [1.82, 2.24) is 9.97 Å². The summed E-state index contributed by atoms with van der Waals surface area (Å²) in [5.74, 6) is 2.69. The molecule has 0 saturated carbocycles. The van der Waals surface area contributed by atoms with Gasteiger partial charge in [-0.05, 0) is 31.6 Å². The zero-order valence-electron chi connectivity index (χ0n) is 28.1. The van der Waals surface area contributed by atoms with Crippen molar-refractivity contribution in [3.63, 3.8) is 0 Å². The number of hydrogen-bond donors (Lipinski definition) is 2. The molecular weight excluding hydrogens is 809 g/mol. The number of nitrogens with two attached hydrogens (primary N) is 1. The van der Waals surface area contributed by atoms with E-state index in [-0.39, 0.29) is 55.6 Å². The molecule has 3 rings (SSSR count). The van der Waals surface area contributed by atoms with Crippen LogP contribution in [0.4, 0.5) is 15.9 Å². The van der Waals surface area contributed by atoms with Crippen LogP contribution in [0.3, 0.4) is 0 Å². The Labute approximate surface area is 301 Å². The molecule has 1 aromatic rings. The number of anilines is 1. The van der Waals surface area contributed by atoms with Crippen LogP contribution in [0, 0.1) is 61.9 Å². The molecular formula is C36H57FN4O4U. The molecule has 0 radical (unpaired) electrons. The zero-order chi connectivity index (χ0) is 32.6. The molecule has 0 aromatic carbocycles. The van der Waals surface area contributed by atoms with Gasteiger partial charge in [-0.3, -0.25) is 11.4 Å². The molecule has 1 unspecified atom stereocenters. The van der Waals surface area contributed by atoms with Crippen molar-refractivity contribution in [1.29, 1.82) is 0 Å². The minimum atomic E-state index is -0.978. The van der Waals surface area contributed by atoms with Gasteiger partial charge in [0, 0.05) is 24.5 Å². The molecule has 2 aliphatic heterocycles. The second-order valence-electron chi connectivity index (χ2n) is 12.4. The van der Waals surface area contributed by atoms with Crippen molar-refractivity contribution in [3.05, 3.63) is 18.2 Å². The number of nitrogens with zero attached hydrogens (tertiary/aromatic N) is 3. The van der Waals surface area contributed by atoms with Gasteiger partial charge in [0.1, 0.15) is 5.69 Å². The maximum Gasteiger partial charge on any atom is 2.00 e. The van der Waals surface area contributed by atoms with Gasteiger partial charge in [0.15, 0.2) is 5.82 Å². The number of rotatable bonds is 22. The molecule has 10 heteroatoms. The Balaban J connectivity index is 0.000000451. The van der Waals surface area contributed by atoms with Crippen LogP contribution in [0.1, 0.15) is 141 Å². The fraction of sp³-hybridized carbons (Fsp3) is 0.750. The molecule has 2 aliphatic rings. The molecule has 8 nitrogen and oxygen atoms in total. The third-order valence-corrected chi connectivity index (χ3v) is 8.66. The molecule has 0 aliphatic carbocycles. The molecule has 0 amide bonds. The Hall–Kier alpha value is -1.52. The molecule has 0 bridgehead atoms. The monoisotopic (exact) mass is 866 g/mol. The summed E-state index contributed by atoms with van der Waals surface area (Å²) in [4.78, 5) is 21.4. The molecule has 1 saturated heterocycles. The Bertz CT molecular complexity index is 1020.